The topological polar surface area (TPSA) is 114 Å². The van der Waals surface area contributed by atoms with E-state index in [4.69, 9.17) is 21.1 Å². The number of halogens is 4. The number of amides is 1. The van der Waals surface area contributed by atoms with Crippen LogP contribution in [0.3, 0.4) is 0 Å². The summed E-state index contributed by atoms with van der Waals surface area (Å²) in [5.41, 5.74) is -2.82. The minimum absolute atomic E-state index is 0.00385. The van der Waals surface area contributed by atoms with E-state index < -0.39 is 34.0 Å². The minimum atomic E-state index is -4.82. The fourth-order valence-corrected chi connectivity index (χ4v) is 5.45. The summed E-state index contributed by atoms with van der Waals surface area (Å²) in [6, 6.07) is 7.99. The first kappa shape index (κ1) is 29.2. The molecule has 1 atom stereocenters. The Hall–Kier alpha value is -3.32. The van der Waals surface area contributed by atoms with Crippen LogP contribution in [0.2, 0.25) is 5.02 Å². The molecule has 38 heavy (non-hydrogen) atoms. The van der Waals surface area contributed by atoms with Gasteiger partial charge in [0.2, 0.25) is 5.60 Å². The standard InChI is InChI=1S/C24H26ClF3N2O7S/c1-14(31)5-7-17-13-30(38(33,34)21-12-16(35-4)8-9-18(21)25)19-11-15(6-10-20(19)36-17)29-22(32)37-23(2,3)24(26,27)28/h6,8-12,17,31H,1,5,7,13H2,2-4H3,(H,29,32)/t17-/m0/s1. The lowest BCUT2D eigenvalue weighted by Crippen LogP contribution is -2.44. The van der Waals surface area contributed by atoms with Crippen molar-refractivity contribution in [3.05, 3.63) is 53.8 Å². The molecule has 0 radical (unpaired) electrons. The van der Waals surface area contributed by atoms with Gasteiger partial charge in [0, 0.05) is 18.2 Å². The van der Waals surface area contributed by atoms with Gasteiger partial charge in [-0.15, -0.1) is 0 Å². The van der Waals surface area contributed by atoms with Crippen LogP contribution in [0.4, 0.5) is 29.3 Å². The number of benzene rings is 2. The van der Waals surface area contributed by atoms with Gasteiger partial charge in [0.05, 0.1) is 30.1 Å². The molecule has 0 fully saturated rings. The minimum Gasteiger partial charge on any atom is -0.513 e. The highest BCUT2D eigenvalue weighted by atomic mass is 35.5. The molecule has 0 spiro atoms. The maximum absolute atomic E-state index is 13.8. The zero-order valence-electron chi connectivity index (χ0n) is 20.6. The Morgan fingerprint density at radius 3 is 2.55 bits per heavy atom. The molecular weight excluding hydrogens is 553 g/mol. The van der Waals surface area contributed by atoms with Crippen molar-refractivity contribution in [2.75, 3.05) is 23.3 Å². The van der Waals surface area contributed by atoms with Crippen LogP contribution in [0.15, 0.2) is 53.6 Å². The highest BCUT2D eigenvalue weighted by molar-refractivity contribution is 7.93. The number of ether oxygens (including phenoxy) is 3. The molecule has 2 N–H and O–H groups in total. The summed E-state index contributed by atoms with van der Waals surface area (Å²) in [5.74, 6) is 0.242. The number of hydrogen-bond donors (Lipinski definition) is 2. The van der Waals surface area contributed by atoms with Gasteiger partial charge in [0.1, 0.15) is 22.5 Å². The zero-order chi connectivity index (χ0) is 28.5. The molecule has 14 heteroatoms. The molecule has 0 saturated heterocycles. The second-order valence-electron chi connectivity index (χ2n) is 8.88. The number of anilines is 2. The number of sulfonamides is 1. The second kappa shape index (κ2) is 10.8. The molecule has 1 amide bonds. The molecule has 0 saturated carbocycles. The number of carbonyl (C=O) groups is 1. The lowest BCUT2D eigenvalue weighted by Gasteiger charge is -2.36. The highest BCUT2D eigenvalue weighted by Gasteiger charge is 2.51. The number of carbonyl (C=O) groups excluding carboxylic acids is 1. The van der Waals surface area contributed by atoms with Crippen LogP contribution in [-0.4, -0.2) is 51.2 Å². The van der Waals surface area contributed by atoms with Gasteiger partial charge in [-0.05, 0) is 50.6 Å². The van der Waals surface area contributed by atoms with Gasteiger partial charge in [-0.1, -0.05) is 18.2 Å². The summed E-state index contributed by atoms with van der Waals surface area (Å²) in [6.07, 6.45) is -6.53. The molecule has 3 rings (SSSR count). The van der Waals surface area contributed by atoms with Crippen molar-refractivity contribution < 1.29 is 45.7 Å². The molecule has 9 nitrogen and oxygen atoms in total. The summed E-state index contributed by atoms with van der Waals surface area (Å²) in [4.78, 5) is 11.9. The van der Waals surface area contributed by atoms with E-state index in [1.54, 1.807) is 0 Å². The quantitative estimate of drug-likeness (QED) is 0.367. The number of methoxy groups -OCH3 is 1. The van der Waals surface area contributed by atoms with E-state index in [0.717, 1.165) is 4.31 Å². The Bertz CT molecular complexity index is 1330. The molecule has 0 bridgehead atoms. The maximum Gasteiger partial charge on any atom is 0.427 e. The van der Waals surface area contributed by atoms with Gasteiger partial charge in [-0.25, -0.2) is 13.2 Å². The Balaban J connectivity index is 2.01. The third-order valence-electron chi connectivity index (χ3n) is 5.63. The lowest BCUT2D eigenvalue weighted by atomic mass is 10.1. The molecule has 0 aromatic heterocycles. The number of aliphatic hydroxyl groups excluding tert-OH is 1. The first-order valence-electron chi connectivity index (χ1n) is 11.2. The van der Waals surface area contributed by atoms with Crippen LogP contribution in [0.25, 0.3) is 0 Å². The van der Waals surface area contributed by atoms with Crippen molar-refractivity contribution in [2.24, 2.45) is 0 Å². The van der Waals surface area contributed by atoms with Crippen molar-refractivity contribution in [3.63, 3.8) is 0 Å². The molecule has 1 aliphatic heterocycles. The monoisotopic (exact) mass is 578 g/mol. The normalized spacial score (nSPS) is 15.8. The van der Waals surface area contributed by atoms with Gasteiger partial charge in [-0.3, -0.25) is 9.62 Å². The van der Waals surface area contributed by atoms with E-state index in [1.807, 2.05) is 0 Å². The predicted octanol–water partition coefficient (Wildman–Crippen LogP) is 6.05. The fraction of sp³-hybridized carbons (Fsp3) is 0.375. The Morgan fingerprint density at radius 2 is 1.95 bits per heavy atom. The van der Waals surface area contributed by atoms with Crippen molar-refractivity contribution in [2.45, 2.75) is 49.5 Å². The van der Waals surface area contributed by atoms with E-state index >= 15 is 0 Å². The van der Waals surface area contributed by atoms with E-state index in [9.17, 15) is 31.5 Å². The Morgan fingerprint density at radius 1 is 1.26 bits per heavy atom. The van der Waals surface area contributed by atoms with Crippen molar-refractivity contribution >= 4 is 39.1 Å². The van der Waals surface area contributed by atoms with Gasteiger partial charge in [-0.2, -0.15) is 13.2 Å². The average molecular weight is 579 g/mol. The van der Waals surface area contributed by atoms with Crippen molar-refractivity contribution in [1.82, 2.24) is 0 Å². The van der Waals surface area contributed by atoms with E-state index in [1.165, 1.54) is 43.5 Å². The van der Waals surface area contributed by atoms with E-state index in [2.05, 4.69) is 16.6 Å². The average Bonchev–Trinajstić information content (AvgIpc) is 2.81. The molecular formula is C24H26ClF3N2O7S. The third kappa shape index (κ3) is 6.38. The number of alkyl halides is 3. The van der Waals surface area contributed by atoms with E-state index in [0.29, 0.717) is 13.8 Å². The first-order valence-corrected chi connectivity index (χ1v) is 13.0. The van der Waals surface area contributed by atoms with E-state index in [-0.39, 0.29) is 57.9 Å². The Kier molecular flexibility index (Phi) is 8.32. The summed E-state index contributed by atoms with van der Waals surface area (Å²) < 4.78 is 83.4. The summed E-state index contributed by atoms with van der Waals surface area (Å²) >= 11 is 6.22. The van der Waals surface area contributed by atoms with Gasteiger partial charge in [0.25, 0.3) is 10.0 Å². The fourth-order valence-electron chi connectivity index (χ4n) is 3.46. The van der Waals surface area contributed by atoms with Crippen LogP contribution in [0.1, 0.15) is 26.7 Å². The first-order chi connectivity index (χ1) is 17.5. The van der Waals surface area contributed by atoms with Gasteiger partial charge in [0.15, 0.2) is 0 Å². The number of allylic oxidation sites excluding steroid dienone is 1. The van der Waals surface area contributed by atoms with Crippen LogP contribution in [0, 0.1) is 0 Å². The number of aliphatic hydroxyl groups is 1. The van der Waals surface area contributed by atoms with Crippen LogP contribution in [0.5, 0.6) is 11.5 Å². The predicted molar refractivity (Wildman–Crippen MR) is 135 cm³/mol. The second-order valence-corrected chi connectivity index (χ2v) is 11.1. The smallest absolute Gasteiger partial charge is 0.427 e. The number of nitrogens with one attached hydrogen (secondary N) is 1. The molecule has 2 aromatic carbocycles. The number of hydrogen-bond acceptors (Lipinski definition) is 7. The van der Waals surface area contributed by atoms with Gasteiger partial charge >= 0.3 is 12.3 Å². The van der Waals surface area contributed by atoms with Crippen molar-refractivity contribution in [1.29, 1.82) is 0 Å². The third-order valence-corrected chi connectivity index (χ3v) is 7.89. The number of rotatable bonds is 8. The molecule has 208 valence electrons. The molecule has 0 unspecified atom stereocenters. The zero-order valence-corrected chi connectivity index (χ0v) is 22.2. The van der Waals surface area contributed by atoms with Crippen LogP contribution < -0.4 is 19.1 Å². The van der Waals surface area contributed by atoms with Crippen molar-refractivity contribution in [3.8, 4) is 11.5 Å². The SMILES string of the molecule is C=C(O)CC[C@H]1CN(S(=O)(=O)c2cc(OC)ccc2Cl)c2cc(NC(=O)OC(C)(C)C(F)(F)F)ccc2O1. The van der Waals surface area contributed by atoms with Crippen LogP contribution >= 0.6 is 11.6 Å². The number of nitrogens with zero attached hydrogens (tertiary/aromatic N) is 1. The molecule has 1 aliphatic rings. The highest BCUT2D eigenvalue weighted by Crippen LogP contribution is 2.41. The molecule has 1 heterocycles. The molecule has 0 aliphatic carbocycles. The maximum atomic E-state index is 13.8. The van der Waals surface area contributed by atoms with Gasteiger partial charge < -0.3 is 19.3 Å². The molecule has 2 aromatic rings. The summed E-state index contributed by atoms with van der Waals surface area (Å²) in [7, 11) is -2.98. The van der Waals surface area contributed by atoms with Crippen LogP contribution in [-0.2, 0) is 14.8 Å². The number of fused-ring (bicyclic) bond motifs is 1. The lowest BCUT2D eigenvalue weighted by molar-refractivity contribution is -0.242. The summed E-state index contributed by atoms with van der Waals surface area (Å²) in [5, 5.41) is 11.6. The summed E-state index contributed by atoms with van der Waals surface area (Å²) in [6.45, 7) is 4.61. The Labute approximate surface area is 222 Å². The largest absolute Gasteiger partial charge is 0.513 e.